The Hall–Kier alpha value is -2.82. The number of methoxy groups -OCH3 is 1. The molecule has 0 radical (unpaired) electrons. The number of benzene rings is 2. The number of ether oxygens (including phenoxy) is 1. The molecule has 0 bridgehead atoms. The van der Waals surface area contributed by atoms with E-state index in [9.17, 15) is 9.59 Å². The summed E-state index contributed by atoms with van der Waals surface area (Å²) in [7, 11) is 1.34. The van der Waals surface area contributed by atoms with E-state index in [0.717, 1.165) is 6.42 Å². The summed E-state index contributed by atoms with van der Waals surface area (Å²) in [6.07, 6.45) is 0.802. The number of rotatable bonds is 7. The van der Waals surface area contributed by atoms with E-state index in [0.29, 0.717) is 17.8 Å². The summed E-state index contributed by atoms with van der Waals surface area (Å²) in [5.41, 5.74) is 3.61. The number of nitrogens with one attached hydrogen (secondary N) is 2. The lowest BCUT2D eigenvalue weighted by atomic mass is 10.1. The van der Waals surface area contributed by atoms with Crippen LogP contribution >= 0.6 is 0 Å². The van der Waals surface area contributed by atoms with Crippen LogP contribution in [-0.2, 0) is 16.0 Å². The topological polar surface area (TPSA) is 67.4 Å². The first-order valence-corrected chi connectivity index (χ1v) is 7.83. The fourth-order valence-corrected chi connectivity index (χ4v) is 2.35. The summed E-state index contributed by atoms with van der Waals surface area (Å²) >= 11 is 0. The third kappa shape index (κ3) is 5.12. The molecule has 2 aromatic carbocycles. The minimum atomic E-state index is -0.402. The van der Waals surface area contributed by atoms with Gasteiger partial charge in [0.15, 0.2) is 0 Å². The van der Waals surface area contributed by atoms with Crippen LogP contribution in [0.1, 0.15) is 21.5 Å². The first-order chi connectivity index (χ1) is 11.6. The standard InChI is InChI=1S/C19H22N2O3/c1-14-6-3-4-7-15(14)10-11-20-18(22)13-21-17-9-5-8-16(12-17)19(23)24-2/h3-9,12,21H,10-11,13H2,1-2H3,(H,20,22). The molecule has 2 rings (SSSR count). The van der Waals surface area contributed by atoms with Gasteiger partial charge < -0.3 is 15.4 Å². The van der Waals surface area contributed by atoms with Gasteiger partial charge in [-0.3, -0.25) is 4.79 Å². The van der Waals surface area contributed by atoms with Gasteiger partial charge >= 0.3 is 5.97 Å². The number of hydrogen-bond acceptors (Lipinski definition) is 4. The smallest absolute Gasteiger partial charge is 0.337 e. The highest BCUT2D eigenvalue weighted by Crippen LogP contribution is 2.11. The molecule has 1 amide bonds. The highest BCUT2D eigenvalue weighted by atomic mass is 16.5. The van der Waals surface area contributed by atoms with Crippen molar-refractivity contribution in [2.24, 2.45) is 0 Å². The van der Waals surface area contributed by atoms with Crippen LogP contribution in [0.25, 0.3) is 0 Å². The SMILES string of the molecule is COC(=O)c1cccc(NCC(=O)NCCc2ccccc2C)c1. The number of anilines is 1. The Balaban J connectivity index is 1.77. The van der Waals surface area contributed by atoms with Gasteiger partial charge in [-0.25, -0.2) is 4.79 Å². The van der Waals surface area contributed by atoms with E-state index in [1.54, 1.807) is 24.3 Å². The van der Waals surface area contributed by atoms with Crippen molar-refractivity contribution in [3.8, 4) is 0 Å². The van der Waals surface area contributed by atoms with Gasteiger partial charge in [0, 0.05) is 12.2 Å². The zero-order valence-electron chi connectivity index (χ0n) is 14.0. The van der Waals surface area contributed by atoms with Gasteiger partial charge in [0.2, 0.25) is 5.91 Å². The van der Waals surface area contributed by atoms with Crippen LogP contribution in [0.15, 0.2) is 48.5 Å². The van der Waals surface area contributed by atoms with E-state index in [-0.39, 0.29) is 12.5 Å². The molecule has 0 fully saturated rings. The maximum atomic E-state index is 11.9. The number of carbonyl (C=O) groups excluding carboxylic acids is 2. The third-order valence-electron chi connectivity index (χ3n) is 3.71. The lowest BCUT2D eigenvalue weighted by molar-refractivity contribution is -0.119. The van der Waals surface area contributed by atoms with Gasteiger partial charge in [0.05, 0.1) is 19.2 Å². The molecule has 0 spiro atoms. The van der Waals surface area contributed by atoms with Gasteiger partial charge in [0.1, 0.15) is 0 Å². The van der Waals surface area contributed by atoms with Gasteiger partial charge in [-0.2, -0.15) is 0 Å². The molecule has 0 saturated heterocycles. The fraction of sp³-hybridized carbons (Fsp3) is 0.263. The van der Waals surface area contributed by atoms with Crippen molar-refractivity contribution in [2.45, 2.75) is 13.3 Å². The number of esters is 1. The predicted octanol–water partition coefficient (Wildman–Crippen LogP) is 2.55. The molecule has 126 valence electrons. The van der Waals surface area contributed by atoms with E-state index in [1.807, 2.05) is 12.1 Å². The second-order valence-electron chi connectivity index (χ2n) is 5.45. The van der Waals surface area contributed by atoms with Crippen LogP contribution in [0.5, 0.6) is 0 Å². The quantitative estimate of drug-likeness (QED) is 0.767. The molecule has 2 N–H and O–H groups in total. The Kier molecular flexibility index (Phi) is 6.37. The van der Waals surface area contributed by atoms with Gasteiger partial charge in [-0.05, 0) is 42.7 Å². The molecular weight excluding hydrogens is 304 g/mol. The van der Waals surface area contributed by atoms with Gasteiger partial charge in [-0.15, -0.1) is 0 Å². The Morgan fingerprint density at radius 1 is 1.08 bits per heavy atom. The van der Waals surface area contributed by atoms with E-state index >= 15 is 0 Å². The molecule has 0 aromatic heterocycles. The monoisotopic (exact) mass is 326 g/mol. The summed E-state index contributed by atoms with van der Waals surface area (Å²) in [5.74, 6) is -0.492. The third-order valence-corrected chi connectivity index (χ3v) is 3.71. The zero-order valence-corrected chi connectivity index (χ0v) is 14.0. The van der Waals surface area contributed by atoms with E-state index < -0.39 is 5.97 Å². The Morgan fingerprint density at radius 2 is 1.88 bits per heavy atom. The average Bonchev–Trinajstić information content (AvgIpc) is 2.61. The molecular formula is C19H22N2O3. The van der Waals surface area contributed by atoms with Crippen molar-refractivity contribution in [3.05, 3.63) is 65.2 Å². The first-order valence-electron chi connectivity index (χ1n) is 7.83. The summed E-state index contributed by atoms with van der Waals surface area (Å²) < 4.78 is 4.68. The summed E-state index contributed by atoms with van der Waals surface area (Å²) in [6.45, 7) is 2.80. The molecule has 0 unspecified atom stereocenters. The summed E-state index contributed by atoms with van der Waals surface area (Å²) in [6, 6.07) is 15.0. The lowest BCUT2D eigenvalue weighted by Gasteiger charge is -2.09. The van der Waals surface area contributed by atoms with Gasteiger partial charge in [-0.1, -0.05) is 30.3 Å². The Bertz CT molecular complexity index is 713. The number of amides is 1. The highest BCUT2D eigenvalue weighted by Gasteiger charge is 2.06. The first kappa shape index (κ1) is 17.5. The molecule has 0 atom stereocenters. The van der Waals surface area contributed by atoms with Crippen molar-refractivity contribution < 1.29 is 14.3 Å². The average molecular weight is 326 g/mol. The molecule has 5 nitrogen and oxygen atoms in total. The largest absolute Gasteiger partial charge is 0.465 e. The maximum absolute atomic E-state index is 11.9. The summed E-state index contributed by atoms with van der Waals surface area (Å²) in [5, 5.41) is 5.89. The minimum Gasteiger partial charge on any atom is -0.465 e. The van der Waals surface area contributed by atoms with Crippen molar-refractivity contribution >= 4 is 17.6 Å². The normalized spacial score (nSPS) is 10.1. The molecule has 24 heavy (non-hydrogen) atoms. The van der Waals surface area contributed by atoms with Crippen LogP contribution in [0.4, 0.5) is 5.69 Å². The predicted molar refractivity (Wildman–Crippen MR) is 94.2 cm³/mol. The van der Waals surface area contributed by atoms with Crippen LogP contribution < -0.4 is 10.6 Å². The van der Waals surface area contributed by atoms with Crippen LogP contribution in [0.3, 0.4) is 0 Å². The second-order valence-corrected chi connectivity index (χ2v) is 5.45. The van der Waals surface area contributed by atoms with E-state index in [4.69, 9.17) is 0 Å². The van der Waals surface area contributed by atoms with Crippen LogP contribution in [-0.4, -0.2) is 32.1 Å². The van der Waals surface area contributed by atoms with Crippen molar-refractivity contribution in [1.29, 1.82) is 0 Å². The maximum Gasteiger partial charge on any atom is 0.337 e. The van der Waals surface area contributed by atoms with Crippen molar-refractivity contribution in [3.63, 3.8) is 0 Å². The fourth-order valence-electron chi connectivity index (χ4n) is 2.35. The van der Waals surface area contributed by atoms with Crippen molar-refractivity contribution in [2.75, 3.05) is 25.5 Å². The summed E-state index contributed by atoms with van der Waals surface area (Å²) in [4.78, 5) is 23.4. The molecule has 0 saturated carbocycles. The van der Waals surface area contributed by atoms with E-state index in [1.165, 1.54) is 18.2 Å². The zero-order chi connectivity index (χ0) is 17.4. The van der Waals surface area contributed by atoms with Crippen LogP contribution in [0.2, 0.25) is 0 Å². The van der Waals surface area contributed by atoms with Gasteiger partial charge in [0.25, 0.3) is 0 Å². The van der Waals surface area contributed by atoms with Crippen LogP contribution in [0, 0.1) is 6.92 Å². The molecule has 0 aliphatic heterocycles. The highest BCUT2D eigenvalue weighted by molar-refractivity contribution is 5.90. The molecule has 5 heteroatoms. The number of aryl methyl sites for hydroxylation is 1. The molecule has 0 aliphatic rings. The molecule has 0 aliphatic carbocycles. The number of hydrogen-bond donors (Lipinski definition) is 2. The Labute approximate surface area is 142 Å². The molecule has 0 heterocycles. The minimum absolute atomic E-state index is 0.0907. The Morgan fingerprint density at radius 3 is 2.62 bits per heavy atom. The number of carbonyl (C=O) groups is 2. The lowest BCUT2D eigenvalue weighted by Crippen LogP contribution is -2.31. The molecule has 2 aromatic rings. The van der Waals surface area contributed by atoms with Crippen molar-refractivity contribution in [1.82, 2.24) is 5.32 Å². The second kappa shape index (κ2) is 8.72. The van der Waals surface area contributed by atoms with E-state index in [2.05, 4.69) is 34.4 Å².